The number of carbonyl (C=O) groups is 2. The molecule has 0 heterocycles. The minimum atomic E-state index is -1.04. The lowest BCUT2D eigenvalue weighted by Crippen LogP contribution is -2.48. The monoisotopic (exact) mass is 278 g/mol. The van der Waals surface area contributed by atoms with Crippen molar-refractivity contribution in [2.45, 2.75) is 39.3 Å². The summed E-state index contributed by atoms with van der Waals surface area (Å²) in [6.45, 7) is 5.61. The molecule has 0 aliphatic heterocycles. The van der Waals surface area contributed by atoms with Crippen molar-refractivity contribution in [3.8, 4) is 0 Å². The SMILES string of the molecule is CC[C@H](C)[C@H](NC(=O)C(N)c1ccc(C)cc1)C(=O)O. The van der Waals surface area contributed by atoms with E-state index in [0.717, 1.165) is 5.56 Å². The van der Waals surface area contributed by atoms with E-state index in [1.54, 1.807) is 19.1 Å². The molecule has 1 aromatic rings. The van der Waals surface area contributed by atoms with Gasteiger partial charge in [0.2, 0.25) is 5.91 Å². The normalized spacial score (nSPS) is 15.2. The van der Waals surface area contributed by atoms with Gasteiger partial charge in [0.25, 0.3) is 0 Å². The number of nitrogens with two attached hydrogens (primary N) is 1. The minimum Gasteiger partial charge on any atom is -0.480 e. The Bertz CT molecular complexity index is 471. The van der Waals surface area contributed by atoms with E-state index in [0.29, 0.717) is 12.0 Å². The molecular weight excluding hydrogens is 256 g/mol. The summed E-state index contributed by atoms with van der Waals surface area (Å²) < 4.78 is 0. The Morgan fingerprint density at radius 2 is 1.85 bits per heavy atom. The van der Waals surface area contributed by atoms with E-state index in [-0.39, 0.29) is 5.92 Å². The van der Waals surface area contributed by atoms with Crippen LogP contribution >= 0.6 is 0 Å². The van der Waals surface area contributed by atoms with Crippen molar-refractivity contribution in [2.75, 3.05) is 0 Å². The fourth-order valence-corrected chi connectivity index (χ4v) is 1.85. The van der Waals surface area contributed by atoms with Crippen molar-refractivity contribution in [1.29, 1.82) is 0 Å². The summed E-state index contributed by atoms with van der Waals surface area (Å²) in [5.41, 5.74) is 7.62. The number of carboxylic acid groups (broad SMARTS) is 1. The summed E-state index contributed by atoms with van der Waals surface area (Å²) in [5.74, 6) is -1.66. The maximum absolute atomic E-state index is 12.1. The minimum absolute atomic E-state index is 0.151. The predicted molar refractivity (Wildman–Crippen MR) is 77.1 cm³/mol. The molecule has 0 spiro atoms. The molecule has 3 atom stereocenters. The fourth-order valence-electron chi connectivity index (χ4n) is 1.85. The smallest absolute Gasteiger partial charge is 0.326 e. The molecule has 5 heteroatoms. The van der Waals surface area contributed by atoms with Gasteiger partial charge >= 0.3 is 5.97 Å². The zero-order chi connectivity index (χ0) is 15.3. The number of hydrogen-bond donors (Lipinski definition) is 3. The third-order valence-corrected chi connectivity index (χ3v) is 3.50. The van der Waals surface area contributed by atoms with Crippen LogP contribution in [0.15, 0.2) is 24.3 Å². The summed E-state index contributed by atoms with van der Waals surface area (Å²) in [6, 6.07) is 5.51. The van der Waals surface area contributed by atoms with Crippen molar-refractivity contribution < 1.29 is 14.7 Å². The first-order chi connectivity index (χ1) is 9.36. The first-order valence-corrected chi connectivity index (χ1v) is 6.72. The average Bonchev–Trinajstić information content (AvgIpc) is 2.43. The number of aryl methyl sites for hydroxylation is 1. The summed E-state index contributed by atoms with van der Waals surface area (Å²) in [4.78, 5) is 23.2. The van der Waals surface area contributed by atoms with Gasteiger partial charge in [-0.15, -0.1) is 0 Å². The van der Waals surface area contributed by atoms with Crippen LogP contribution in [0.4, 0.5) is 0 Å². The molecule has 20 heavy (non-hydrogen) atoms. The van der Waals surface area contributed by atoms with Gasteiger partial charge in [-0.3, -0.25) is 4.79 Å². The predicted octanol–water partition coefficient (Wildman–Crippen LogP) is 1.61. The van der Waals surface area contributed by atoms with Crippen molar-refractivity contribution in [1.82, 2.24) is 5.32 Å². The molecule has 4 N–H and O–H groups in total. The zero-order valence-corrected chi connectivity index (χ0v) is 12.1. The third-order valence-electron chi connectivity index (χ3n) is 3.50. The van der Waals surface area contributed by atoms with Crippen LogP contribution < -0.4 is 11.1 Å². The van der Waals surface area contributed by atoms with Crippen LogP contribution in [0.25, 0.3) is 0 Å². The number of amides is 1. The van der Waals surface area contributed by atoms with Gasteiger partial charge in [0, 0.05) is 0 Å². The lowest BCUT2D eigenvalue weighted by atomic mass is 9.98. The maximum atomic E-state index is 12.1. The molecule has 0 fully saturated rings. The quantitative estimate of drug-likeness (QED) is 0.737. The number of benzene rings is 1. The molecule has 110 valence electrons. The number of nitrogens with one attached hydrogen (secondary N) is 1. The highest BCUT2D eigenvalue weighted by Crippen LogP contribution is 2.14. The Kier molecular flexibility index (Phi) is 5.70. The second-order valence-electron chi connectivity index (χ2n) is 5.10. The van der Waals surface area contributed by atoms with Gasteiger partial charge in [0.15, 0.2) is 0 Å². The van der Waals surface area contributed by atoms with Crippen LogP contribution in [0.2, 0.25) is 0 Å². The van der Waals surface area contributed by atoms with Gasteiger partial charge in [0.05, 0.1) is 0 Å². The number of carbonyl (C=O) groups excluding carboxylic acids is 1. The van der Waals surface area contributed by atoms with Gasteiger partial charge in [-0.05, 0) is 18.4 Å². The zero-order valence-electron chi connectivity index (χ0n) is 12.1. The Labute approximate surface area is 119 Å². The molecule has 0 aliphatic carbocycles. The highest BCUT2D eigenvalue weighted by Gasteiger charge is 2.27. The number of carboxylic acids is 1. The van der Waals surface area contributed by atoms with Crippen molar-refractivity contribution >= 4 is 11.9 Å². The van der Waals surface area contributed by atoms with Gasteiger partial charge in [0.1, 0.15) is 12.1 Å². The van der Waals surface area contributed by atoms with E-state index < -0.39 is 24.0 Å². The van der Waals surface area contributed by atoms with Crippen molar-refractivity contribution in [3.63, 3.8) is 0 Å². The average molecular weight is 278 g/mol. The summed E-state index contributed by atoms with van der Waals surface area (Å²) in [6.07, 6.45) is 0.664. The molecule has 0 radical (unpaired) electrons. The second kappa shape index (κ2) is 7.05. The van der Waals surface area contributed by atoms with E-state index in [2.05, 4.69) is 5.32 Å². The fraction of sp³-hybridized carbons (Fsp3) is 0.467. The third kappa shape index (κ3) is 4.06. The number of aliphatic carboxylic acids is 1. The van der Waals surface area contributed by atoms with E-state index >= 15 is 0 Å². The first-order valence-electron chi connectivity index (χ1n) is 6.72. The largest absolute Gasteiger partial charge is 0.480 e. The molecule has 0 bridgehead atoms. The van der Waals surface area contributed by atoms with E-state index in [9.17, 15) is 9.59 Å². The van der Waals surface area contributed by atoms with E-state index in [1.807, 2.05) is 26.0 Å². The van der Waals surface area contributed by atoms with Gasteiger partial charge < -0.3 is 16.2 Å². The Morgan fingerprint density at radius 3 is 2.30 bits per heavy atom. The molecule has 0 aliphatic rings. The van der Waals surface area contributed by atoms with Crippen molar-refractivity contribution in [2.24, 2.45) is 11.7 Å². The highest BCUT2D eigenvalue weighted by molar-refractivity contribution is 5.87. The van der Waals surface area contributed by atoms with Gasteiger partial charge in [-0.1, -0.05) is 50.1 Å². The number of hydrogen-bond acceptors (Lipinski definition) is 3. The molecule has 0 aromatic heterocycles. The van der Waals surface area contributed by atoms with Gasteiger partial charge in [-0.25, -0.2) is 4.79 Å². The molecule has 0 saturated heterocycles. The topological polar surface area (TPSA) is 92.4 Å². The van der Waals surface area contributed by atoms with Crippen LogP contribution in [-0.2, 0) is 9.59 Å². The molecule has 1 aromatic carbocycles. The maximum Gasteiger partial charge on any atom is 0.326 e. The van der Waals surface area contributed by atoms with Crippen molar-refractivity contribution in [3.05, 3.63) is 35.4 Å². The van der Waals surface area contributed by atoms with Crippen LogP contribution in [-0.4, -0.2) is 23.0 Å². The van der Waals surface area contributed by atoms with Crippen LogP contribution in [0, 0.1) is 12.8 Å². The van der Waals surface area contributed by atoms with E-state index in [1.165, 1.54) is 0 Å². The number of rotatable bonds is 6. The van der Waals surface area contributed by atoms with Gasteiger partial charge in [-0.2, -0.15) is 0 Å². The summed E-state index contributed by atoms with van der Waals surface area (Å²) >= 11 is 0. The first kappa shape index (κ1) is 16.2. The molecular formula is C15H22N2O3. The Hall–Kier alpha value is -1.88. The van der Waals surface area contributed by atoms with Crippen LogP contribution in [0.3, 0.4) is 0 Å². The highest BCUT2D eigenvalue weighted by atomic mass is 16.4. The Morgan fingerprint density at radius 1 is 1.30 bits per heavy atom. The van der Waals surface area contributed by atoms with Crippen LogP contribution in [0.1, 0.15) is 37.4 Å². The standard InChI is InChI=1S/C15H22N2O3/c1-4-10(3)13(15(19)20)17-14(18)12(16)11-7-5-9(2)6-8-11/h5-8,10,12-13H,4,16H2,1-3H3,(H,17,18)(H,19,20)/t10-,12?,13-/m0/s1. The molecule has 5 nitrogen and oxygen atoms in total. The Balaban J connectivity index is 2.78. The molecule has 1 amide bonds. The lowest BCUT2D eigenvalue weighted by Gasteiger charge is -2.22. The summed E-state index contributed by atoms with van der Waals surface area (Å²) in [5, 5.41) is 11.7. The second-order valence-corrected chi connectivity index (χ2v) is 5.10. The summed E-state index contributed by atoms with van der Waals surface area (Å²) in [7, 11) is 0. The molecule has 0 saturated carbocycles. The lowest BCUT2D eigenvalue weighted by molar-refractivity contribution is -0.143. The molecule has 1 unspecified atom stereocenters. The van der Waals surface area contributed by atoms with Crippen LogP contribution in [0.5, 0.6) is 0 Å². The molecule has 1 rings (SSSR count). The van der Waals surface area contributed by atoms with E-state index in [4.69, 9.17) is 10.8 Å².